The SMILES string of the molecule is CC(C)(N)c1nc2n(n1)CCCO2. The molecule has 0 aliphatic carbocycles. The Morgan fingerprint density at radius 2 is 2.31 bits per heavy atom. The van der Waals surface area contributed by atoms with Gasteiger partial charge in [-0.15, -0.1) is 0 Å². The van der Waals surface area contributed by atoms with Gasteiger partial charge in [-0.2, -0.15) is 10.1 Å². The summed E-state index contributed by atoms with van der Waals surface area (Å²) < 4.78 is 7.10. The van der Waals surface area contributed by atoms with E-state index in [1.165, 1.54) is 0 Å². The van der Waals surface area contributed by atoms with E-state index in [4.69, 9.17) is 10.5 Å². The molecule has 5 nitrogen and oxygen atoms in total. The van der Waals surface area contributed by atoms with Crippen molar-refractivity contribution in [3.8, 4) is 6.01 Å². The Morgan fingerprint density at radius 1 is 1.54 bits per heavy atom. The fourth-order valence-corrected chi connectivity index (χ4v) is 1.23. The second-order valence-corrected chi connectivity index (χ2v) is 3.86. The third-order valence-corrected chi connectivity index (χ3v) is 1.96. The van der Waals surface area contributed by atoms with E-state index in [1.54, 1.807) is 4.68 Å². The molecule has 0 saturated heterocycles. The standard InChI is InChI=1S/C8H14N4O/c1-8(2,9)6-10-7-12(11-6)4-3-5-13-7/h3-5,9H2,1-2H3. The molecule has 2 rings (SSSR count). The second kappa shape index (κ2) is 2.70. The van der Waals surface area contributed by atoms with Crippen molar-refractivity contribution < 1.29 is 4.74 Å². The average Bonchev–Trinajstić information content (AvgIpc) is 2.45. The highest BCUT2D eigenvalue weighted by molar-refractivity contribution is 5.07. The molecule has 0 unspecified atom stereocenters. The van der Waals surface area contributed by atoms with E-state index >= 15 is 0 Å². The van der Waals surface area contributed by atoms with Crippen LogP contribution in [0.4, 0.5) is 0 Å². The van der Waals surface area contributed by atoms with Crippen molar-refractivity contribution in [1.82, 2.24) is 14.8 Å². The zero-order chi connectivity index (χ0) is 9.47. The van der Waals surface area contributed by atoms with Gasteiger partial charge in [-0.1, -0.05) is 0 Å². The number of fused-ring (bicyclic) bond motifs is 1. The smallest absolute Gasteiger partial charge is 0.315 e. The maximum Gasteiger partial charge on any atom is 0.315 e. The van der Waals surface area contributed by atoms with Crippen LogP contribution in [0.1, 0.15) is 26.1 Å². The summed E-state index contributed by atoms with van der Waals surface area (Å²) in [5.74, 6) is 0.643. The van der Waals surface area contributed by atoms with E-state index in [2.05, 4.69) is 10.1 Å². The van der Waals surface area contributed by atoms with Gasteiger partial charge in [0.1, 0.15) is 0 Å². The van der Waals surface area contributed by atoms with Crippen LogP contribution < -0.4 is 10.5 Å². The molecule has 72 valence electrons. The van der Waals surface area contributed by atoms with E-state index in [0.717, 1.165) is 19.6 Å². The molecule has 0 radical (unpaired) electrons. The Labute approximate surface area is 76.9 Å². The Morgan fingerprint density at radius 3 is 2.92 bits per heavy atom. The first-order valence-corrected chi connectivity index (χ1v) is 4.44. The van der Waals surface area contributed by atoms with E-state index in [0.29, 0.717) is 11.8 Å². The Bertz CT molecular complexity index is 289. The van der Waals surface area contributed by atoms with Gasteiger partial charge in [-0.25, -0.2) is 4.68 Å². The molecule has 0 spiro atoms. The fourth-order valence-electron chi connectivity index (χ4n) is 1.23. The topological polar surface area (TPSA) is 66.0 Å². The van der Waals surface area contributed by atoms with Crippen LogP contribution in [0.25, 0.3) is 0 Å². The molecule has 13 heavy (non-hydrogen) atoms. The minimum atomic E-state index is -0.492. The first kappa shape index (κ1) is 8.50. The van der Waals surface area contributed by atoms with Gasteiger partial charge in [0.05, 0.1) is 12.1 Å². The minimum absolute atomic E-state index is 0.492. The number of hydrogen-bond acceptors (Lipinski definition) is 4. The number of rotatable bonds is 1. The molecule has 1 aliphatic rings. The van der Waals surface area contributed by atoms with Gasteiger partial charge in [0, 0.05) is 13.0 Å². The minimum Gasteiger partial charge on any atom is -0.464 e. The van der Waals surface area contributed by atoms with Crippen molar-refractivity contribution in [2.75, 3.05) is 6.61 Å². The lowest BCUT2D eigenvalue weighted by Gasteiger charge is -2.12. The average molecular weight is 182 g/mol. The molecule has 0 bridgehead atoms. The maximum absolute atomic E-state index is 5.87. The molecule has 0 saturated carbocycles. The summed E-state index contributed by atoms with van der Waals surface area (Å²) >= 11 is 0. The number of nitrogens with two attached hydrogens (primary N) is 1. The number of nitrogens with zero attached hydrogens (tertiary/aromatic N) is 3. The maximum atomic E-state index is 5.87. The largest absolute Gasteiger partial charge is 0.464 e. The summed E-state index contributed by atoms with van der Waals surface area (Å²) in [5, 5.41) is 4.28. The quantitative estimate of drug-likeness (QED) is 0.676. The van der Waals surface area contributed by atoms with E-state index < -0.39 is 5.54 Å². The molecular formula is C8H14N4O. The summed E-state index contributed by atoms with van der Waals surface area (Å²) in [6.07, 6.45) is 0.987. The third-order valence-electron chi connectivity index (χ3n) is 1.96. The Balaban J connectivity index is 2.36. The summed E-state index contributed by atoms with van der Waals surface area (Å²) in [4.78, 5) is 4.23. The van der Waals surface area contributed by atoms with Crippen LogP contribution in [0.15, 0.2) is 0 Å². The predicted octanol–water partition coefficient (Wildman–Crippen LogP) is 0.254. The van der Waals surface area contributed by atoms with Crippen LogP contribution in [0.3, 0.4) is 0 Å². The first-order chi connectivity index (χ1) is 6.07. The van der Waals surface area contributed by atoms with Gasteiger partial charge >= 0.3 is 6.01 Å². The molecule has 0 atom stereocenters. The van der Waals surface area contributed by atoms with Gasteiger partial charge in [-0.05, 0) is 13.8 Å². The highest BCUT2D eigenvalue weighted by atomic mass is 16.5. The molecule has 1 aliphatic heterocycles. The van der Waals surface area contributed by atoms with Crippen molar-refractivity contribution in [1.29, 1.82) is 0 Å². The van der Waals surface area contributed by atoms with E-state index in [-0.39, 0.29) is 0 Å². The molecular weight excluding hydrogens is 168 g/mol. The van der Waals surface area contributed by atoms with Crippen LogP contribution in [0.5, 0.6) is 6.01 Å². The van der Waals surface area contributed by atoms with Gasteiger partial charge in [0.15, 0.2) is 5.82 Å². The normalized spacial score (nSPS) is 16.5. The molecule has 1 aromatic heterocycles. The highest BCUT2D eigenvalue weighted by Gasteiger charge is 2.24. The summed E-state index contributed by atoms with van der Waals surface area (Å²) in [6, 6.07) is 0.597. The lowest BCUT2D eigenvalue weighted by Crippen LogP contribution is -2.30. The van der Waals surface area contributed by atoms with Crippen molar-refractivity contribution in [3.63, 3.8) is 0 Å². The zero-order valence-electron chi connectivity index (χ0n) is 7.95. The third kappa shape index (κ3) is 1.51. The van der Waals surface area contributed by atoms with E-state index in [9.17, 15) is 0 Å². The van der Waals surface area contributed by atoms with Crippen LogP contribution in [-0.2, 0) is 12.1 Å². The Kier molecular flexibility index (Phi) is 1.76. The van der Waals surface area contributed by atoms with E-state index in [1.807, 2.05) is 13.8 Å². The number of aryl methyl sites for hydroxylation is 1. The lowest BCUT2D eigenvalue weighted by molar-refractivity contribution is 0.221. The lowest BCUT2D eigenvalue weighted by atomic mass is 10.1. The van der Waals surface area contributed by atoms with Gasteiger partial charge in [0.2, 0.25) is 0 Å². The van der Waals surface area contributed by atoms with Crippen LogP contribution in [0, 0.1) is 0 Å². The number of hydrogen-bond donors (Lipinski definition) is 1. The van der Waals surface area contributed by atoms with Crippen molar-refractivity contribution in [2.24, 2.45) is 5.73 Å². The van der Waals surface area contributed by atoms with Crippen molar-refractivity contribution >= 4 is 0 Å². The predicted molar refractivity (Wildman–Crippen MR) is 47.3 cm³/mol. The number of ether oxygens (including phenoxy) is 1. The first-order valence-electron chi connectivity index (χ1n) is 4.44. The van der Waals surface area contributed by atoms with Crippen LogP contribution in [-0.4, -0.2) is 21.4 Å². The van der Waals surface area contributed by atoms with Gasteiger partial charge in [-0.3, -0.25) is 0 Å². The summed E-state index contributed by atoms with van der Waals surface area (Å²) in [7, 11) is 0. The van der Waals surface area contributed by atoms with Gasteiger partial charge < -0.3 is 10.5 Å². The van der Waals surface area contributed by atoms with Crippen molar-refractivity contribution in [2.45, 2.75) is 32.4 Å². The Hall–Kier alpha value is -1.10. The highest BCUT2D eigenvalue weighted by Crippen LogP contribution is 2.19. The number of aromatic nitrogens is 3. The van der Waals surface area contributed by atoms with Gasteiger partial charge in [0.25, 0.3) is 0 Å². The molecule has 5 heteroatoms. The molecule has 1 aromatic rings. The second-order valence-electron chi connectivity index (χ2n) is 3.86. The monoisotopic (exact) mass is 182 g/mol. The summed E-state index contributed by atoms with van der Waals surface area (Å²) in [6.45, 7) is 5.37. The zero-order valence-corrected chi connectivity index (χ0v) is 7.95. The van der Waals surface area contributed by atoms with Crippen LogP contribution >= 0.6 is 0 Å². The van der Waals surface area contributed by atoms with Crippen LogP contribution in [0.2, 0.25) is 0 Å². The molecule has 0 amide bonds. The fraction of sp³-hybridized carbons (Fsp3) is 0.750. The molecule has 0 fully saturated rings. The molecule has 2 N–H and O–H groups in total. The summed E-state index contributed by atoms with van der Waals surface area (Å²) in [5.41, 5.74) is 5.38. The molecule has 2 heterocycles. The molecule has 0 aromatic carbocycles. The van der Waals surface area contributed by atoms with Crippen molar-refractivity contribution in [3.05, 3.63) is 5.82 Å².